The van der Waals surface area contributed by atoms with Gasteiger partial charge >= 0.3 is 0 Å². The lowest BCUT2D eigenvalue weighted by Gasteiger charge is -2.28. The van der Waals surface area contributed by atoms with E-state index >= 15 is 0 Å². The van der Waals surface area contributed by atoms with Crippen LogP contribution in [0.5, 0.6) is 5.75 Å². The van der Waals surface area contributed by atoms with Crippen LogP contribution in [-0.4, -0.2) is 13.2 Å². The molecule has 1 aromatic carbocycles. The standard InChI is InChI=1S/C16H20F2O2/c1-3-10-20-14-9-8-13(15(17)16(14)18)11-4-6-12(19-2)7-5-11/h3,8-12H,4-7H2,1-2H3/b10-3+. The first kappa shape index (κ1) is 15.0. The van der Waals surface area contributed by atoms with Crippen LogP contribution in [0.2, 0.25) is 0 Å². The Morgan fingerprint density at radius 1 is 1.10 bits per heavy atom. The highest BCUT2D eigenvalue weighted by molar-refractivity contribution is 5.33. The minimum Gasteiger partial charge on any atom is -0.462 e. The van der Waals surface area contributed by atoms with Gasteiger partial charge < -0.3 is 9.47 Å². The van der Waals surface area contributed by atoms with Crippen LogP contribution in [0.15, 0.2) is 24.5 Å². The van der Waals surface area contributed by atoms with Gasteiger partial charge in [0.2, 0.25) is 5.82 Å². The molecule has 4 heteroatoms. The lowest BCUT2D eigenvalue weighted by molar-refractivity contribution is 0.0655. The zero-order valence-corrected chi connectivity index (χ0v) is 11.9. The van der Waals surface area contributed by atoms with Crippen molar-refractivity contribution in [1.29, 1.82) is 0 Å². The SMILES string of the molecule is C/C=C/Oc1ccc(C2CCC(OC)CC2)c(F)c1F. The van der Waals surface area contributed by atoms with Crippen molar-refractivity contribution in [2.45, 2.75) is 44.6 Å². The fraction of sp³-hybridized carbons (Fsp3) is 0.500. The van der Waals surface area contributed by atoms with Gasteiger partial charge in [0.1, 0.15) is 0 Å². The van der Waals surface area contributed by atoms with Crippen LogP contribution in [0.3, 0.4) is 0 Å². The smallest absolute Gasteiger partial charge is 0.201 e. The number of rotatable bonds is 4. The molecule has 2 nitrogen and oxygen atoms in total. The molecule has 0 aromatic heterocycles. The van der Waals surface area contributed by atoms with Gasteiger partial charge in [-0.2, -0.15) is 4.39 Å². The first-order valence-corrected chi connectivity index (χ1v) is 6.95. The maximum atomic E-state index is 14.1. The van der Waals surface area contributed by atoms with Gasteiger partial charge in [0.25, 0.3) is 0 Å². The summed E-state index contributed by atoms with van der Waals surface area (Å²) < 4.78 is 38.4. The largest absolute Gasteiger partial charge is 0.462 e. The van der Waals surface area contributed by atoms with Gasteiger partial charge in [0.05, 0.1) is 12.4 Å². The fourth-order valence-electron chi connectivity index (χ4n) is 2.70. The number of allylic oxidation sites excluding steroid dienone is 1. The number of methoxy groups -OCH3 is 1. The summed E-state index contributed by atoms with van der Waals surface area (Å²) in [6, 6.07) is 3.13. The summed E-state index contributed by atoms with van der Waals surface area (Å²) in [5.74, 6) is -1.70. The van der Waals surface area contributed by atoms with Gasteiger partial charge in [-0.1, -0.05) is 12.1 Å². The van der Waals surface area contributed by atoms with E-state index < -0.39 is 11.6 Å². The molecular weight excluding hydrogens is 262 g/mol. The van der Waals surface area contributed by atoms with Crippen molar-refractivity contribution >= 4 is 0 Å². The first-order chi connectivity index (χ1) is 9.67. The number of hydrogen-bond donors (Lipinski definition) is 0. The maximum Gasteiger partial charge on any atom is 0.201 e. The van der Waals surface area contributed by atoms with E-state index in [0.29, 0.717) is 5.56 Å². The zero-order valence-electron chi connectivity index (χ0n) is 11.9. The van der Waals surface area contributed by atoms with Crippen LogP contribution in [0.1, 0.15) is 44.1 Å². The van der Waals surface area contributed by atoms with Crippen LogP contribution < -0.4 is 4.74 Å². The molecule has 110 valence electrons. The van der Waals surface area contributed by atoms with Crippen LogP contribution in [-0.2, 0) is 4.74 Å². The van der Waals surface area contributed by atoms with Crippen molar-refractivity contribution in [2.75, 3.05) is 7.11 Å². The van der Waals surface area contributed by atoms with Gasteiger partial charge in [0, 0.05) is 7.11 Å². The predicted octanol–water partition coefficient (Wildman–Crippen LogP) is 4.55. The van der Waals surface area contributed by atoms with E-state index in [2.05, 4.69) is 0 Å². The molecule has 1 fully saturated rings. The topological polar surface area (TPSA) is 18.5 Å². The average Bonchev–Trinajstić information content (AvgIpc) is 2.49. The third-order valence-electron chi connectivity index (χ3n) is 3.86. The Balaban J connectivity index is 2.15. The second kappa shape index (κ2) is 6.84. The molecule has 1 aliphatic rings. The Hall–Kier alpha value is -1.42. The van der Waals surface area contributed by atoms with E-state index in [1.807, 2.05) is 0 Å². The molecule has 0 unspecified atom stereocenters. The lowest BCUT2D eigenvalue weighted by Crippen LogP contribution is -2.20. The number of ether oxygens (including phenoxy) is 2. The van der Waals surface area contributed by atoms with Crippen LogP contribution in [0.4, 0.5) is 8.78 Å². The summed E-state index contributed by atoms with van der Waals surface area (Å²) in [7, 11) is 1.69. The molecular formula is C16H20F2O2. The average molecular weight is 282 g/mol. The summed E-state index contributed by atoms with van der Waals surface area (Å²) >= 11 is 0. The molecule has 0 spiro atoms. The zero-order chi connectivity index (χ0) is 14.5. The molecule has 0 saturated heterocycles. The molecule has 2 rings (SSSR count). The van der Waals surface area contributed by atoms with Gasteiger partial charge in [-0.3, -0.25) is 0 Å². The Morgan fingerprint density at radius 3 is 2.40 bits per heavy atom. The second-order valence-electron chi connectivity index (χ2n) is 5.08. The third-order valence-corrected chi connectivity index (χ3v) is 3.86. The molecule has 0 N–H and O–H groups in total. The monoisotopic (exact) mass is 282 g/mol. The molecule has 0 amide bonds. The molecule has 0 aliphatic heterocycles. The normalized spacial score (nSPS) is 23.2. The van der Waals surface area contributed by atoms with E-state index in [1.165, 1.54) is 12.3 Å². The summed E-state index contributed by atoms with van der Waals surface area (Å²) in [4.78, 5) is 0. The molecule has 1 aliphatic carbocycles. The number of hydrogen-bond acceptors (Lipinski definition) is 2. The van der Waals surface area contributed by atoms with Crippen LogP contribution >= 0.6 is 0 Å². The van der Waals surface area contributed by atoms with Crippen molar-refractivity contribution in [2.24, 2.45) is 0 Å². The fourth-order valence-corrected chi connectivity index (χ4v) is 2.70. The van der Waals surface area contributed by atoms with Gasteiger partial charge in [-0.25, -0.2) is 4.39 Å². The second-order valence-corrected chi connectivity index (χ2v) is 5.08. The van der Waals surface area contributed by atoms with Gasteiger partial charge in [-0.15, -0.1) is 0 Å². The van der Waals surface area contributed by atoms with E-state index in [1.54, 1.807) is 26.2 Å². The Kier molecular flexibility index (Phi) is 5.12. The summed E-state index contributed by atoms with van der Waals surface area (Å²) in [6.45, 7) is 1.75. The van der Waals surface area contributed by atoms with Crippen molar-refractivity contribution in [3.63, 3.8) is 0 Å². The van der Waals surface area contributed by atoms with Crippen LogP contribution in [0, 0.1) is 11.6 Å². The molecule has 20 heavy (non-hydrogen) atoms. The van der Waals surface area contributed by atoms with Crippen molar-refractivity contribution < 1.29 is 18.3 Å². The molecule has 0 bridgehead atoms. The van der Waals surface area contributed by atoms with Crippen molar-refractivity contribution in [3.05, 3.63) is 41.7 Å². The van der Waals surface area contributed by atoms with Gasteiger partial charge in [0.15, 0.2) is 11.6 Å². The quantitative estimate of drug-likeness (QED) is 0.754. The third kappa shape index (κ3) is 3.18. The number of halogens is 2. The summed E-state index contributed by atoms with van der Waals surface area (Å²) in [5, 5.41) is 0. The molecule has 1 saturated carbocycles. The number of benzene rings is 1. The van der Waals surface area contributed by atoms with Gasteiger partial charge in [-0.05, 0) is 50.2 Å². The highest BCUT2D eigenvalue weighted by atomic mass is 19.2. The van der Waals surface area contributed by atoms with E-state index in [4.69, 9.17) is 9.47 Å². The Bertz CT molecular complexity index is 478. The molecule has 0 heterocycles. The highest BCUT2D eigenvalue weighted by Gasteiger charge is 2.26. The molecule has 0 radical (unpaired) electrons. The summed E-state index contributed by atoms with van der Waals surface area (Å²) in [5.41, 5.74) is 0.449. The van der Waals surface area contributed by atoms with Crippen molar-refractivity contribution in [3.8, 4) is 5.75 Å². The van der Waals surface area contributed by atoms with E-state index in [-0.39, 0.29) is 17.8 Å². The Morgan fingerprint density at radius 2 is 1.80 bits per heavy atom. The Labute approximate surface area is 118 Å². The predicted molar refractivity (Wildman–Crippen MR) is 73.8 cm³/mol. The lowest BCUT2D eigenvalue weighted by atomic mass is 9.82. The minimum atomic E-state index is -0.908. The molecule has 0 atom stereocenters. The first-order valence-electron chi connectivity index (χ1n) is 6.95. The van der Waals surface area contributed by atoms with Crippen LogP contribution in [0.25, 0.3) is 0 Å². The maximum absolute atomic E-state index is 14.1. The molecule has 1 aromatic rings. The highest BCUT2D eigenvalue weighted by Crippen LogP contribution is 2.37. The van der Waals surface area contributed by atoms with E-state index in [9.17, 15) is 8.78 Å². The van der Waals surface area contributed by atoms with E-state index in [0.717, 1.165) is 25.7 Å². The minimum absolute atomic E-state index is 0.0617. The van der Waals surface area contributed by atoms with Crippen molar-refractivity contribution in [1.82, 2.24) is 0 Å². The summed E-state index contributed by atoms with van der Waals surface area (Å²) in [6.07, 6.45) is 6.63.